The van der Waals surface area contributed by atoms with Gasteiger partial charge in [-0.25, -0.2) is 0 Å². The van der Waals surface area contributed by atoms with Gasteiger partial charge in [0, 0.05) is 11.5 Å². The summed E-state index contributed by atoms with van der Waals surface area (Å²) in [6.45, 7) is 4.40. The Balaban J connectivity index is 4.53. The van der Waals surface area contributed by atoms with Crippen molar-refractivity contribution in [2.45, 2.75) is 110 Å². The van der Waals surface area contributed by atoms with Crippen LogP contribution in [0.25, 0.3) is 0 Å². The lowest BCUT2D eigenvalue weighted by atomic mass is 9.79. The molecule has 0 aliphatic rings. The van der Waals surface area contributed by atoms with E-state index in [2.05, 4.69) is 13.8 Å². The molecule has 0 rings (SSSR count). The molecule has 0 aromatic rings. The average Bonchev–Trinajstić information content (AvgIpc) is 2.63. The highest BCUT2D eigenvalue weighted by Crippen LogP contribution is 2.36. The van der Waals surface area contributed by atoms with Crippen molar-refractivity contribution in [2.24, 2.45) is 5.41 Å². The van der Waals surface area contributed by atoms with E-state index < -0.39 is 17.4 Å². The van der Waals surface area contributed by atoms with Gasteiger partial charge >= 0.3 is 11.9 Å². The molecule has 0 aromatic heterocycles. The Morgan fingerprint density at radius 1 is 0.741 bits per heavy atom. The van der Waals surface area contributed by atoms with Crippen LogP contribution in [0.15, 0.2) is 0 Å². The summed E-state index contributed by atoms with van der Waals surface area (Å²) in [5.74, 6) is -0.459. The third kappa shape index (κ3) is 14.0. The van der Waals surface area contributed by atoms with E-state index in [1.165, 1.54) is 63.1 Å². The predicted molar refractivity (Wildman–Crippen MR) is 116 cm³/mol. The molecule has 0 atom stereocenters. The van der Waals surface area contributed by atoms with E-state index in [1.54, 1.807) is 0 Å². The Labute approximate surface area is 170 Å². The van der Waals surface area contributed by atoms with Gasteiger partial charge < -0.3 is 10.2 Å². The zero-order valence-electron chi connectivity index (χ0n) is 17.6. The molecule has 0 aromatic carbocycles. The third-order valence-electron chi connectivity index (χ3n) is 5.31. The molecule has 2 N–H and O–H groups in total. The van der Waals surface area contributed by atoms with Crippen LogP contribution in [-0.2, 0) is 9.59 Å². The van der Waals surface area contributed by atoms with Crippen molar-refractivity contribution in [3.63, 3.8) is 0 Å². The number of carbonyl (C=O) groups is 2. The Bertz CT molecular complexity index is 369. The molecule has 0 aliphatic carbocycles. The molecule has 0 unspecified atom stereocenters. The highest BCUT2D eigenvalue weighted by atomic mass is 32.2. The molecule has 0 bridgehead atoms. The number of thioether (sulfide) groups is 1. The molecule has 27 heavy (non-hydrogen) atoms. The number of hydrogen-bond acceptors (Lipinski definition) is 3. The van der Waals surface area contributed by atoms with Crippen molar-refractivity contribution >= 4 is 23.7 Å². The lowest BCUT2D eigenvalue weighted by molar-refractivity contribution is -0.148. The number of carboxylic acid groups (broad SMARTS) is 2. The van der Waals surface area contributed by atoms with Gasteiger partial charge in [0.1, 0.15) is 0 Å². The zero-order valence-corrected chi connectivity index (χ0v) is 18.5. The molecular formula is C22H42O4S. The van der Waals surface area contributed by atoms with Crippen LogP contribution >= 0.6 is 11.8 Å². The van der Waals surface area contributed by atoms with Crippen molar-refractivity contribution in [2.75, 3.05) is 11.5 Å². The largest absolute Gasteiger partial charge is 0.481 e. The van der Waals surface area contributed by atoms with Gasteiger partial charge in [-0.2, -0.15) is 11.8 Å². The molecule has 0 amide bonds. The van der Waals surface area contributed by atoms with Crippen molar-refractivity contribution in [3.8, 4) is 0 Å². The second kappa shape index (κ2) is 17.4. The first kappa shape index (κ1) is 26.3. The standard InChI is InChI=1S/C22H42O4S/c1-3-5-7-9-11-13-16-22(21(25)26,19-27-18-15-20(23)24)17-14-12-10-8-6-4-2/h3-19H2,1-2H3,(H,23,24)(H,25,26). The summed E-state index contributed by atoms with van der Waals surface area (Å²) < 4.78 is 0. The lowest BCUT2D eigenvalue weighted by Gasteiger charge is -2.29. The van der Waals surface area contributed by atoms with Gasteiger partial charge in [-0.15, -0.1) is 0 Å². The third-order valence-corrected chi connectivity index (χ3v) is 6.56. The number of hydrogen-bond donors (Lipinski definition) is 2. The van der Waals surface area contributed by atoms with Gasteiger partial charge in [0.25, 0.3) is 0 Å². The number of carboxylic acids is 2. The van der Waals surface area contributed by atoms with Crippen molar-refractivity contribution in [1.29, 1.82) is 0 Å². The minimum Gasteiger partial charge on any atom is -0.481 e. The van der Waals surface area contributed by atoms with E-state index in [0.717, 1.165) is 38.5 Å². The maximum absolute atomic E-state index is 12.2. The van der Waals surface area contributed by atoms with Crippen molar-refractivity contribution in [1.82, 2.24) is 0 Å². The number of aliphatic carboxylic acids is 2. The second-order valence-electron chi connectivity index (χ2n) is 7.82. The van der Waals surface area contributed by atoms with Crippen LogP contribution in [0.1, 0.15) is 110 Å². The van der Waals surface area contributed by atoms with Crippen LogP contribution in [-0.4, -0.2) is 33.7 Å². The van der Waals surface area contributed by atoms with Gasteiger partial charge in [-0.3, -0.25) is 9.59 Å². The Morgan fingerprint density at radius 2 is 1.19 bits per heavy atom. The maximum atomic E-state index is 12.2. The van der Waals surface area contributed by atoms with Crippen molar-refractivity contribution < 1.29 is 19.8 Å². The van der Waals surface area contributed by atoms with E-state index in [4.69, 9.17) is 5.11 Å². The minimum atomic E-state index is -0.810. The maximum Gasteiger partial charge on any atom is 0.310 e. The van der Waals surface area contributed by atoms with E-state index in [9.17, 15) is 14.7 Å². The Kier molecular flexibility index (Phi) is 16.9. The van der Waals surface area contributed by atoms with E-state index >= 15 is 0 Å². The quantitative estimate of drug-likeness (QED) is 0.220. The summed E-state index contributed by atoms with van der Waals surface area (Å²) in [7, 11) is 0. The van der Waals surface area contributed by atoms with Crippen LogP contribution in [0, 0.1) is 5.41 Å². The fourth-order valence-corrected chi connectivity index (χ4v) is 4.73. The normalized spacial score (nSPS) is 11.6. The molecule has 4 nitrogen and oxygen atoms in total. The smallest absolute Gasteiger partial charge is 0.310 e. The summed E-state index contributed by atoms with van der Waals surface area (Å²) in [6, 6.07) is 0. The molecule has 0 saturated carbocycles. The summed E-state index contributed by atoms with van der Waals surface area (Å²) in [6.07, 6.45) is 15.5. The topological polar surface area (TPSA) is 74.6 Å². The van der Waals surface area contributed by atoms with Crippen LogP contribution in [0.4, 0.5) is 0 Å². The molecule has 0 radical (unpaired) electrons. The summed E-state index contributed by atoms with van der Waals surface area (Å²) in [5.41, 5.74) is -0.682. The van der Waals surface area contributed by atoms with Crippen LogP contribution in [0.5, 0.6) is 0 Å². The van der Waals surface area contributed by atoms with Gasteiger partial charge in [0.05, 0.1) is 11.8 Å². The van der Waals surface area contributed by atoms with Crippen molar-refractivity contribution in [3.05, 3.63) is 0 Å². The van der Waals surface area contributed by atoms with E-state index in [0.29, 0.717) is 11.5 Å². The Hall–Kier alpha value is -0.710. The number of rotatable bonds is 20. The Morgan fingerprint density at radius 3 is 1.59 bits per heavy atom. The minimum absolute atomic E-state index is 0.106. The van der Waals surface area contributed by atoms with E-state index in [-0.39, 0.29) is 6.42 Å². The molecule has 0 spiro atoms. The summed E-state index contributed by atoms with van der Waals surface area (Å²) in [5, 5.41) is 18.8. The fourth-order valence-electron chi connectivity index (χ4n) is 3.46. The molecular weight excluding hydrogens is 360 g/mol. The first-order valence-corrected chi connectivity index (χ1v) is 12.2. The molecule has 0 aliphatic heterocycles. The van der Waals surface area contributed by atoms with Gasteiger partial charge in [0.2, 0.25) is 0 Å². The zero-order chi connectivity index (χ0) is 20.4. The first-order valence-electron chi connectivity index (χ1n) is 11.0. The average molecular weight is 403 g/mol. The number of unbranched alkanes of at least 4 members (excludes halogenated alkanes) is 10. The highest BCUT2D eigenvalue weighted by Gasteiger charge is 2.37. The van der Waals surface area contributed by atoms with Gasteiger partial charge in [-0.1, -0.05) is 90.9 Å². The lowest BCUT2D eigenvalue weighted by Crippen LogP contribution is -2.34. The van der Waals surface area contributed by atoms with Crippen LogP contribution in [0.2, 0.25) is 0 Å². The van der Waals surface area contributed by atoms with Gasteiger partial charge in [0.15, 0.2) is 0 Å². The molecule has 0 heterocycles. The van der Waals surface area contributed by atoms with Crippen LogP contribution < -0.4 is 0 Å². The molecule has 5 heteroatoms. The van der Waals surface area contributed by atoms with E-state index in [1.807, 2.05) is 0 Å². The highest BCUT2D eigenvalue weighted by molar-refractivity contribution is 7.99. The summed E-state index contributed by atoms with van der Waals surface area (Å²) in [4.78, 5) is 22.9. The SMILES string of the molecule is CCCCCCCCC(CCCCCCCC)(CSCCC(=O)O)C(=O)O. The summed E-state index contributed by atoms with van der Waals surface area (Å²) >= 11 is 1.50. The second-order valence-corrected chi connectivity index (χ2v) is 8.92. The molecule has 160 valence electrons. The van der Waals surface area contributed by atoms with Crippen LogP contribution in [0.3, 0.4) is 0 Å². The first-order chi connectivity index (χ1) is 13.0. The van der Waals surface area contributed by atoms with Gasteiger partial charge in [-0.05, 0) is 12.8 Å². The molecule has 0 saturated heterocycles. The monoisotopic (exact) mass is 402 g/mol. The molecule has 0 fully saturated rings. The predicted octanol–water partition coefficient (Wildman–Crippen LogP) is 6.77. The fraction of sp³-hybridized carbons (Fsp3) is 0.909.